The van der Waals surface area contributed by atoms with E-state index in [-0.39, 0.29) is 23.2 Å². The number of carbonyl (C=O) groups excluding carboxylic acids is 1. The number of fused-ring (bicyclic) bond motifs is 5. The molecule has 4 fully saturated rings. The highest BCUT2D eigenvalue weighted by Gasteiger charge is 2.60. The lowest BCUT2D eigenvalue weighted by molar-refractivity contribution is -0.384. The molecule has 5 rings (SSSR count). The third-order valence-electron chi connectivity index (χ3n) is 10.0. The van der Waals surface area contributed by atoms with Crippen LogP contribution in [0.1, 0.15) is 78.6 Å². The fourth-order valence-corrected chi connectivity index (χ4v) is 8.23. The molecule has 0 spiro atoms. The summed E-state index contributed by atoms with van der Waals surface area (Å²) in [5.74, 6) is 3.14. The standard InChI is InChI=1S/C27H36N2O5/c1-17(30)33-25-11-10-23-22-9-4-18-16-19(28-34-21-7-5-20(6-8-21)29(31)32)12-14-26(18,2)24(22)13-15-27(23,25)3/h5-8,18,22-25H,4,9-16H2,1-3H3. The molecule has 0 heterocycles. The number of hydrogen-bond donors (Lipinski definition) is 0. The molecule has 4 saturated carbocycles. The van der Waals surface area contributed by atoms with Gasteiger partial charge in [0.15, 0.2) is 5.75 Å². The van der Waals surface area contributed by atoms with Crippen molar-refractivity contribution in [1.29, 1.82) is 0 Å². The number of nitrogens with zero attached hydrogens (tertiary/aromatic N) is 2. The molecular formula is C27H36N2O5. The number of nitro groups is 1. The monoisotopic (exact) mass is 468 g/mol. The quantitative estimate of drug-likeness (QED) is 0.294. The lowest BCUT2D eigenvalue weighted by Gasteiger charge is -2.60. The van der Waals surface area contributed by atoms with Gasteiger partial charge in [0.25, 0.3) is 5.69 Å². The Bertz CT molecular complexity index is 991. The molecule has 184 valence electrons. The van der Waals surface area contributed by atoms with Gasteiger partial charge in [-0.15, -0.1) is 0 Å². The first kappa shape index (κ1) is 23.3. The van der Waals surface area contributed by atoms with Gasteiger partial charge in [-0.3, -0.25) is 14.9 Å². The Hall–Kier alpha value is -2.44. The molecule has 0 N–H and O–H groups in total. The van der Waals surface area contributed by atoms with Crippen molar-refractivity contribution in [3.63, 3.8) is 0 Å². The lowest BCUT2D eigenvalue weighted by Crippen LogP contribution is -2.54. The normalized spacial score (nSPS) is 40.1. The van der Waals surface area contributed by atoms with Gasteiger partial charge in [-0.05, 0) is 99.0 Å². The van der Waals surface area contributed by atoms with Gasteiger partial charge >= 0.3 is 5.97 Å². The minimum Gasteiger partial charge on any atom is -0.462 e. The zero-order valence-electron chi connectivity index (χ0n) is 20.5. The molecule has 7 unspecified atom stereocenters. The Labute approximate surface area is 201 Å². The summed E-state index contributed by atoms with van der Waals surface area (Å²) in [4.78, 5) is 27.7. The topological polar surface area (TPSA) is 91.0 Å². The number of esters is 1. The van der Waals surface area contributed by atoms with Crippen molar-refractivity contribution in [3.8, 4) is 5.75 Å². The number of rotatable bonds is 4. The summed E-state index contributed by atoms with van der Waals surface area (Å²) < 4.78 is 5.79. The maximum atomic E-state index is 11.7. The van der Waals surface area contributed by atoms with Crippen LogP contribution in [0, 0.1) is 44.6 Å². The van der Waals surface area contributed by atoms with Crippen LogP contribution in [0.4, 0.5) is 5.69 Å². The summed E-state index contributed by atoms with van der Waals surface area (Å²) in [6.45, 7) is 6.44. The van der Waals surface area contributed by atoms with Crippen LogP contribution in [-0.2, 0) is 9.53 Å². The van der Waals surface area contributed by atoms with E-state index in [0.29, 0.717) is 23.0 Å². The second-order valence-electron chi connectivity index (χ2n) is 11.6. The lowest BCUT2D eigenvalue weighted by atomic mass is 9.45. The maximum absolute atomic E-state index is 11.7. The van der Waals surface area contributed by atoms with Gasteiger partial charge in [0.2, 0.25) is 0 Å². The van der Waals surface area contributed by atoms with Crippen molar-refractivity contribution < 1.29 is 19.3 Å². The van der Waals surface area contributed by atoms with E-state index >= 15 is 0 Å². The molecule has 7 nitrogen and oxygen atoms in total. The molecule has 0 amide bonds. The van der Waals surface area contributed by atoms with Gasteiger partial charge in [0, 0.05) is 24.5 Å². The van der Waals surface area contributed by atoms with Crippen LogP contribution >= 0.6 is 0 Å². The van der Waals surface area contributed by atoms with Crippen molar-refractivity contribution in [1.82, 2.24) is 0 Å². The van der Waals surface area contributed by atoms with E-state index < -0.39 is 4.92 Å². The SMILES string of the molecule is CC(=O)OC1CCC2C3CCC4CC(=NOc5ccc([N+](=O)[O-])cc5)CCC4(C)C3CCC12C. The van der Waals surface area contributed by atoms with Gasteiger partial charge in [0.05, 0.1) is 10.6 Å². The minimum atomic E-state index is -0.413. The van der Waals surface area contributed by atoms with E-state index in [0.717, 1.165) is 49.7 Å². The van der Waals surface area contributed by atoms with Gasteiger partial charge in [-0.1, -0.05) is 19.0 Å². The van der Waals surface area contributed by atoms with Gasteiger partial charge in [0.1, 0.15) is 6.10 Å². The molecule has 0 bridgehead atoms. The second-order valence-corrected chi connectivity index (χ2v) is 11.6. The van der Waals surface area contributed by atoms with Crippen LogP contribution in [0.3, 0.4) is 0 Å². The predicted molar refractivity (Wildman–Crippen MR) is 128 cm³/mol. The summed E-state index contributed by atoms with van der Waals surface area (Å²) in [6.07, 6.45) is 10.2. The van der Waals surface area contributed by atoms with E-state index in [1.165, 1.54) is 37.8 Å². The Balaban J connectivity index is 1.26. The highest BCUT2D eigenvalue weighted by Crippen LogP contribution is 2.66. The third kappa shape index (κ3) is 3.91. The molecule has 0 saturated heterocycles. The molecule has 7 atom stereocenters. The smallest absolute Gasteiger partial charge is 0.302 e. The van der Waals surface area contributed by atoms with Crippen molar-refractivity contribution in [3.05, 3.63) is 34.4 Å². The molecule has 4 aliphatic rings. The Morgan fingerprint density at radius 3 is 2.47 bits per heavy atom. The summed E-state index contributed by atoms with van der Waals surface area (Å²) in [5, 5.41) is 15.3. The number of ether oxygens (including phenoxy) is 1. The molecule has 0 aromatic heterocycles. The van der Waals surface area contributed by atoms with Crippen LogP contribution in [0.25, 0.3) is 0 Å². The average molecular weight is 469 g/mol. The van der Waals surface area contributed by atoms with Gasteiger partial charge in [-0.25, -0.2) is 0 Å². The number of hydrogen-bond acceptors (Lipinski definition) is 6. The zero-order valence-corrected chi connectivity index (χ0v) is 20.5. The first-order valence-electron chi connectivity index (χ1n) is 12.8. The molecule has 1 aromatic carbocycles. The van der Waals surface area contributed by atoms with Gasteiger partial charge in [-0.2, -0.15) is 0 Å². The van der Waals surface area contributed by atoms with E-state index in [1.54, 1.807) is 19.1 Å². The number of nitro benzene ring substituents is 1. The van der Waals surface area contributed by atoms with Crippen molar-refractivity contribution in [2.24, 2.45) is 39.7 Å². The number of oxime groups is 1. The van der Waals surface area contributed by atoms with Crippen LogP contribution < -0.4 is 4.84 Å². The zero-order chi connectivity index (χ0) is 24.1. The van der Waals surface area contributed by atoms with Crippen molar-refractivity contribution in [2.45, 2.75) is 84.7 Å². The minimum absolute atomic E-state index is 0.0511. The van der Waals surface area contributed by atoms with Crippen molar-refractivity contribution >= 4 is 17.4 Å². The summed E-state index contributed by atoms with van der Waals surface area (Å²) in [6, 6.07) is 6.09. The number of non-ortho nitro benzene ring substituents is 1. The first-order chi connectivity index (χ1) is 16.2. The first-order valence-corrected chi connectivity index (χ1v) is 12.8. The molecule has 4 aliphatic carbocycles. The summed E-state index contributed by atoms with van der Waals surface area (Å²) in [5.41, 5.74) is 1.62. The summed E-state index contributed by atoms with van der Waals surface area (Å²) in [7, 11) is 0. The largest absolute Gasteiger partial charge is 0.462 e. The van der Waals surface area contributed by atoms with Crippen LogP contribution in [0.15, 0.2) is 29.4 Å². The molecule has 0 aliphatic heterocycles. The maximum Gasteiger partial charge on any atom is 0.302 e. The molecule has 0 radical (unpaired) electrons. The second kappa shape index (κ2) is 8.65. The molecule has 7 heteroatoms. The Morgan fingerprint density at radius 2 is 1.76 bits per heavy atom. The Morgan fingerprint density at radius 1 is 1.03 bits per heavy atom. The predicted octanol–water partition coefficient (Wildman–Crippen LogP) is 6.30. The third-order valence-corrected chi connectivity index (χ3v) is 10.0. The highest BCUT2D eigenvalue weighted by atomic mass is 16.6. The highest BCUT2D eigenvalue weighted by molar-refractivity contribution is 5.85. The van der Waals surface area contributed by atoms with E-state index in [9.17, 15) is 14.9 Å². The number of benzene rings is 1. The van der Waals surface area contributed by atoms with Crippen LogP contribution in [-0.4, -0.2) is 22.7 Å². The molecule has 34 heavy (non-hydrogen) atoms. The van der Waals surface area contributed by atoms with Crippen LogP contribution in [0.5, 0.6) is 5.75 Å². The number of carbonyl (C=O) groups is 1. The fraction of sp³-hybridized carbons (Fsp3) is 0.704. The fourth-order valence-electron chi connectivity index (χ4n) is 8.23. The van der Waals surface area contributed by atoms with E-state index in [2.05, 4.69) is 19.0 Å². The van der Waals surface area contributed by atoms with Gasteiger partial charge < -0.3 is 9.57 Å². The molecular weight excluding hydrogens is 432 g/mol. The van der Waals surface area contributed by atoms with E-state index in [1.807, 2.05) is 0 Å². The van der Waals surface area contributed by atoms with Crippen LogP contribution in [0.2, 0.25) is 0 Å². The van der Waals surface area contributed by atoms with Crippen molar-refractivity contribution in [2.75, 3.05) is 0 Å². The summed E-state index contributed by atoms with van der Waals surface area (Å²) >= 11 is 0. The molecule has 1 aromatic rings. The van der Waals surface area contributed by atoms with E-state index in [4.69, 9.17) is 9.57 Å². The Kier molecular flexibility index (Phi) is 5.93. The average Bonchev–Trinajstić information content (AvgIpc) is 3.13.